The number of fused-ring (bicyclic) bond motifs is 1. The molecule has 1 aliphatic rings. The van der Waals surface area contributed by atoms with Crippen molar-refractivity contribution in [3.05, 3.63) is 17.8 Å². The van der Waals surface area contributed by atoms with Crippen molar-refractivity contribution in [3.63, 3.8) is 0 Å². The second-order valence-electron chi connectivity index (χ2n) is 4.13. The van der Waals surface area contributed by atoms with E-state index >= 15 is 0 Å². The number of hydrogen-bond donors (Lipinski definition) is 1. The van der Waals surface area contributed by atoms with Crippen LogP contribution in [0.3, 0.4) is 0 Å². The van der Waals surface area contributed by atoms with Gasteiger partial charge >= 0.3 is 0 Å². The Morgan fingerprint density at radius 3 is 3.00 bits per heavy atom. The molecular weight excluding hydrogens is 212 g/mol. The normalized spacial score (nSPS) is 23.7. The molecule has 0 spiro atoms. The molecule has 5 heteroatoms. The summed E-state index contributed by atoms with van der Waals surface area (Å²) in [5, 5.41) is 3.32. The average Bonchev–Trinajstić information content (AvgIpc) is 2.23. The molecular formula is C10H14N2O2S. The number of rotatable bonds is 0. The predicted molar refractivity (Wildman–Crippen MR) is 58.7 cm³/mol. The summed E-state index contributed by atoms with van der Waals surface area (Å²) < 4.78 is 23.8. The minimum atomic E-state index is -3.22. The van der Waals surface area contributed by atoms with Crippen LogP contribution >= 0.6 is 0 Å². The summed E-state index contributed by atoms with van der Waals surface area (Å²) in [6.45, 7) is 4.50. The molecule has 0 saturated carbocycles. The molecule has 0 radical (unpaired) electrons. The second kappa shape index (κ2) is 3.48. The van der Waals surface area contributed by atoms with E-state index in [0.29, 0.717) is 12.2 Å². The molecule has 2 rings (SSSR count). The fourth-order valence-electron chi connectivity index (χ4n) is 1.73. The largest absolute Gasteiger partial charge is 0.382 e. The van der Waals surface area contributed by atoms with Crippen molar-refractivity contribution in [2.75, 3.05) is 17.6 Å². The van der Waals surface area contributed by atoms with Gasteiger partial charge in [0, 0.05) is 12.7 Å². The Bertz CT molecular complexity index is 482. The first-order chi connectivity index (χ1) is 6.99. The smallest absolute Gasteiger partial charge is 0.198 e. The molecule has 4 nitrogen and oxygen atoms in total. The Kier molecular flexibility index (Phi) is 2.42. The van der Waals surface area contributed by atoms with E-state index in [2.05, 4.69) is 10.3 Å². The number of pyridine rings is 1. The van der Waals surface area contributed by atoms with Crippen molar-refractivity contribution in [1.29, 1.82) is 0 Å². The third kappa shape index (κ3) is 1.97. The Hall–Kier alpha value is -1.10. The van der Waals surface area contributed by atoms with Crippen molar-refractivity contribution < 1.29 is 8.42 Å². The third-order valence-corrected chi connectivity index (χ3v) is 4.35. The van der Waals surface area contributed by atoms with Crippen LogP contribution in [-0.4, -0.2) is 25.7 Å². The fourth-order valence-corrected chi connectivity index (χ4v) is 3.43. The van der Waals surface area contributed by atoms with Gasteiger partial charge in [-0.25, -0.2) is 13.4 Å². The van der Waals surface area contributed by atoms with Crippen LogP contribution in [0.15, 0.2) is 17.3 Å². The van der Waals surface area contributed by atoms with Crippen LogP contribution in [-0.2, 0) is 9.84 Å². The monoisotopic (exact) mass is 226 g/mol. The van der Waals surface area contributed by atoms with E-state index in [1.807, 2.05) is 19.9 Å². The first-order valence-electron chi connectivity index (χ1n) is 4.92. The average molecular weight is 226 g/mol. The molecule has 0 amide bonds. The maximum Gasteiger partial charge on any atom is 0.198 e. The molecule has 0 bridgehead atoms. The van der Waals surface area contributed by atoms with Crippen LogP contribution in [0.2, 0.25) is 0 Å². The number of anilines is 1. The van der Waals surface area contributed by atoms with Crippen LogP contribution in [0.4, 0.5) is 5.69 Å². The summed E-state index contributed by atoms with van der Waals surface area (Å²) >= 11 is 0. The summed E-state index contributed by atoms with van der Waals surface area (Å²) in [7, 11) is -3.22. The number of sulfone groups is 1. The molecule has 1 N–H and O–H groups in total. The zero-order chi connectivity index (χ0) is 11.1. The second-order valence-corrected chi connectivity index (χ2v) is 6.08. The Morgan fingerprint density at radius 2 is 2.27 bits per heavy atom. The summed E-state index contributed by atoms with van der Waals surface area (Å²) in [4.78, 5) is 4.02. The quantitative estimate of drug-likeness (QED) is 0.722. The van der Waals surface area contributed by atoms with Gasteiger partial charge in [0.05, 0.1) is 11.4 Å². The van der Waals surface area contributed by atoms with E-state index < -0.39 is 9.84 Å². The minimum absolute atomic E-state index is 0.115. The molecule has 1 aromatic heterocycles. The van der Waals surface area contributed by atoms with Crippen molar-refractivity contribution in [2.24, 2.45) is 5.92 Å². The maximum atomic E-state index is 11.9. The van der Waals surface area contributed by atoms with Crippen molar-refractivity contribution in [3.8, 4) is 0 Å². The molecule has 2 heterocycles. The Labute approximate surface area is 89.6 Å². The lowest BCUT2D eigenvalue weighted by Gasteiger charge is -2.06. The topological polar surface area (TPSA) is 59.1 Å². The lowest BCUT2D eigenvalue weighted by molar-refractivity contribution is 0.579. The highest BCUT2D eigenvalue weighted by molar-refractivity contribution is 7.91. The van der Waals surface area contributed by atoms with E-state index in [0.717, 1.165) is 5.56 Å². The molecule has 1 aliphatic heterocycles. The van der Waals surface area contributed by atoms with Crippen LogP contribution in [0, 0.1) is 12.8 Å². The van der Waals surface area contributed by atoms with Gasteiger partial charge in [0.15, 0.2) is 14.9 Å². The molecule has 0 aliphatic carbocycles. The SMILES string of the molecule is Cc1cnc2c(c1)NCC(C)CS2(=O)=O. The zero-order valence-electron chi connectivity index (χ0n) is 8.82. The van der Waals surface area contributed by atoms with Gasteiger partial charge in [-0.2, -0.15) is 0 Å². The van der Waals surface area contributed by atoms with Crippen molar-refractivity contribution in [1.82, 2.24) is 4.98 Å². The Morgan fingerprint density at radius 1 is 1.53 bits per heavy atom. The van der Waals surface area contributed by atoms with Crippen molar-refractivity contribution in [2.45, 2.75) is 18.9 Å². The zero-order valence-corrected chi connectivity index (χ0v) is 9.63. The number of nitrogens with zero attached hydrogens (tertiary/aromatic N) is 1. The number of hydrogen-bond acceptors (Lipinski definition) is 4. The lowest BCUT2D eigenvalue weighted by atomic mass is 10.2. The highest BCUT2D eigenvalue weighted by Gasteiger charge is 2.26. The van der Waals surface area contributed by atoms with Gasteiger partial charge in [-0.05, 0) is 24.5 Å². The summed E-state index contributed by atoms with van der Waals surface area (Å²) in [5.74, 6) is 0.285. The summed E-state index contributed by atoms with van der Waals surface area (Å²) in [6.07, 6.45) is 1.59. The number of aryl methyl sites for hydroxylation is 1. The molecule has 1 aromatic rings. The van der Waals surface area contributed by atoms with Crippen LogP contribution in [0.25, 0.3) is 0 Å². The maximum absolute atomic E-state index is 11.9. The molecule has 0 saturated heterocycles. The van der Waals surface area contributed by atoms with Gasteiger partial charge in [0.1, 0.15) is 0 Å². The van der Waals surface area contributed by atoms with E-state index in [-0.39, 0.29) is 16.7 Å². The number of aromatic nitrogens is 1. The van der Waals surface area contributed by atoms with Gasteiger partial charge < -0.3 is 5.32 Å². The lowest BCUT2D eigenvalue weighted by Crippen LogP contribution is -2.16. The van der Waals surface area contributed by atoms with E-state index in [4.69, 9.17) is 0 Å². The molecule has 1 atom stereocenters. The molecule has 0 fully saturated rings. The molecule has 0 aromatic carbocycles. The van der Waals surface area contributed by atoms with Crippen LogP contribution in [0.1, 0.15) is 12.5 Å². The Balaban J connectivity index is 2.58. The highest BCUT2D eigenvalue weighted by atomic mass is 32.2. The van der Waals surface area contributed by atoms with Crippen LogP contribution < -0.4 is 5.32 Å². The first kappa shape index (κ1) is 10.4. The van der Waals surface area contributed by atoms with Gasteiger partial charge in [-0.15, -0.1) is 0 Å². The van der Waals surface area contributed by atoms with E-state index in [1.165, 1.54) is 0 Å². The first-order valence-corrected chi connectivity index (χ1v) is 6.57. The standard InChI is InChI=1S/C10H14N2O2S/c1-7-3-9-10(12-4-7)15(13,14)6-8(2)5-11-9/h3-4,8,11H,5-6H2,1-2H3. The molecule has 1 unspecified atom stereocenters. The minimum Gasteiger partial charge on any atom is -0.382 e. The van der Waals surface area contributed by atoms with E-state index in [9.17, 15) is 8.42 Å². The molecule has 82 valence electrons. The summed E-state index contributed by atoms with van der Waals surface area (Å²) in [5.41, 5.74) is 1.60. The van der Waals surface area contributed by atoms with Crippen LogP contribution in [0.5, 0.6) is 0 Å². The summed E-state index contributed by atoms with van der Waals surface area (Å²) in [6, 6.07) is 1.83. The van der Waals surface area contributed by atoms with Gasteiger partial charge in [0.2, 0.25) is 0 Å². The highest BCUT2D eigenvalue weighted by Crippen LogP contribution is 2.25. The van der Waals surface area contributed by atoms with E-state index in [1.54, 1.807) is 6.20 Å². The van der Waals surface area contributed by atoms with Gasteiger partial charge in [-0.1, -0.05) is 6.92 Å². The third-order valence-electron chi connectivity index (χ3n) is 2.43. The van der Waals surface area contributed by atoms with Gasteiger partial charge in [-0.3, -0.25) is 0 Å². The number of nitrogens with one attached hydrogen (secondary N) is 1. The molecule has 15 heavy (non-hydrogen) atoms. The van der Waals surface area contributed by atoms with Gasteiger partial charge in [0.25, 0.3) is 0 Å². The fraction of sp³-hybridized carbons (Fsp3) is 0.500. The predicted octanol–water partition coefficient (Wildman–Crippen LogP) is 1.23. The van der Waals surface area contributed by atoms with Crippen molar-refractivity contribution >= 4 is 15.5 Å².